The maximum Gasteiger partial charge on any atom is 0.308 e. The molecule has 7 heteroatoms. The summed E-state index contributed by atoms with van der Waals surface area (Å²) in [5.74, 6) is 0.751. The van der Waals surface area contributed by atoms with E-state index in [1.165, 1.54) is 11.3 Å². The van der Waals surface area contributed by atoms with E-state index in [0.717, 1.165) is 36.3 Å². The zero-order chi connectivity index (χ0) is 14.1. The van der Waals surface area contributed by atoms with Gasteiger partial charge in [0, 0.05) is 16.6 Å². The molecule has 1 amide bonds. The summed E-state index contributed by atoms with van der Waals surface area (Å²) >= 11 is 1.26. The zero-order valence-electron chi connectivity index (χ0n) is 11.1. The van der Waals surface area contributed by atoms with Crippen molar-refractivity contribution in [1.29, 1.82) is 0 Å². The summed E-state index contributed by atoms with van der Waals surface area (Å²) < 4.78 is 6.47. The monoisotopic (exact) mass is 293 g/mol. The summed E-state index contributed by atoms with van der Waals surface area (Å²) in [6, 6.07) is 1.64. The minimum absolute atomic E-state index is 0.0383. The highest BCUT2D eigenvalue weighted by molar-refractivity contribution is 7.09. The largest absolute Gasteiger partial charge is 0.360 e. The molecular formula is C13H15N3O3S. The third-order valence-corrected chi connectivity index (χ3v) is 4.42. The fourth-order valence-electron chi connectivity index (χ4n) is 2.44. The van der Waals surface area contributed by atoms with Crippen LogP contribution in [0.4, 0.5) is 5.82 Å². The van der Waals surface area contributed by atoms with Crippen molar-refractivity contribution >= 4 is 23.1 Å². The highest BCUT2D eigenvalue weighted by Crippen LogP contribution is 2.23. The minimum atomic E-state index is -0.258. The molecule has 0 spiro atoms. The van der Waals surface area contributed by atoms with Gasteiger partial charge in [0.05, 0.1) is 0 Å². The second kappa shape index (κ2) is 5.24. The van der Waals surface area contributed by atoms with E-state index in [1.807, 2.05) is 0 Å². The number of aromatic nitrogens is 2. The number of anilines is 1. The quantitative estimate of drug-likeness (QED) is 0.934. The van der Waals surface area contributed by atoms with Gasteiger partial charge >= 0.3 is 4.87 Å². The van der Waals surface area contributed by atoms with Crippen LogP contribution in [0.2, 0.25) is 0 Å². The molecule has 0 aromatic carbocycles. The average Bonchev–Trinajstić information content (AvgIpc) is 2.94. The Morgan fingerprint density at radius 3 is 3.05 bits per heavy atom. The Labute approximate surface area is 119 Å². The second-order valence-electron chi connectivity index (χ2n) is 4.90. The molecule has 0 atom stereocenters. The summed E-state index contributed by atoms with van der Waals surface area (Å²) in [5.41, 5.74) is 1.03. The average molecular weight is 293 g/mol. The summed E-state index contributed by atoms with van der Waals surface area (Å²) in [5, 5.41) is 6.34. The fraction of sp³-hybridized carbons (Fsp3) is 0.462. The molecule has 0 unspecified atom stereocenters. The molecule has 1 N–H and O–H groups in total. The third kappa shape index (κ3) is 2.53. The fourth-order valence-corrected chi connectivity index (χ4v) is 3.51. The van der Waals surface area contributed by atoms with Crippen molar-refractivity contribution in [3.63, 3.8) is 0 Å². The molecule has 3 rings (SSSR count). The van der Waals surface area contributed by atoms with E-state index in [0.29, 0.717) is 11.6 Å². The molecule has 2 aromatic heterocycles. The van der Waals surface area contributed by atoms with E-state index in [-0.39, 0.29) is 17.3 Å². The van der Waals surface area contributed by atoms with E-state index in [2.05, 4.69) is 10.5 Å². The summed E-state index contributed by atoms with van der Waals surface area (Å²) in [7, 11) is 0. The Kier molecular flexibility index (Phi) is 3.43. The number of carbonyl (C=O) groups excluding carboxylic acids is 1. The summed E-state index contributed by atoms with van der Waals surface area (Å²) in [6.45, 7) is 1.79. The van der Waals surface area contributed by atoms with Crippen LogP contribution in [0.3, 0.4) is 0 Å². The Morgan fingerprint density at radius 2 is 2.30 bits per heavy atom. The first-order valence-electron chi connectivity index (χ1n) is 6.58. The van der Waals surface area contributed by atoms with Gasteiger partial charge in [0.25, 0.3) is 0 Å². The topological polar surface area (TPSA) is 77.1 Å². The molecule has 0 fully saturated rings. The number of thiazole rings is 1. The van der Waals surface area contributed by atoms with Gasteiger partial charge in [0.1, 0.15) is 12.3 Å². The predicted octanol–water partition coefficient (Wildman–Crippen LogP) is 1.72. The molecule has 0 saturated carbocycles. The smallest absolute Gasteiger partial charge is 0.308 e. The zero-order valence-corrected chi connectivity index (χ0v) is 12.0. The maximum absolute atomic E-state index is 12.0. The number of fused-ring (bicyclic) bond motifs is 1. The van der Waals surface area contributed by atoms with Crippen molar-refractivity contribution in [3.05, 3.63) is 32.1 Å². The molecule has 20 heavy (non-hydrogen) atoms. The molecule has 1 aliphatic rings. The van der Waals surface area contributed by atoms with Gasteiger partial charge in [-0.05, 0) is 32.6 Å². The van der Waals surface area contributed by atoms with E-state index in [4.69, 9.17) is 4.52 Å². The standard InChI is InChI=1S/C13H15N3O3S/c1-8-6-11(15-19-8)14-12(17)7-16-9-4-2-3-5-10(9)20-13(16)18/h6H,2-5,7H2,1H3,(H,14,15,17). The number of hydrogen-bond donors (Lipinski definition) is 1. The highest BCUT2D eigenvalue weighted by atomic mass is 32.1. The first-order valence-corrected chi connectivity index (χ1v) is 7.39. The lowest BCUT2D eigenvalue weighted by atomic mass is 10.0. The van der Waals surface area contributed by atoms with Gasteiger partial charge in [-0.2, -0.15) is 0 Å². The van der Waals surface area contributed by atoms with E-state index in [1.54, 1.807) is 17.6 Å². The summed E-state index contributed by atoms with van der Waals surface area (Å²) in [6.07, 6.45) is 4.03. The Morgan fingerprint density at radius 1 is 1.50 bits per heavy atom. The number of nitrogens with one attached hydrogen (secondary N) is 1. The van der Waals surface area contributed by atoms with E-state index < -0.39 is 0 Å². The lowest BCUT2D eigenvalue weighted by molar-refractivity contribution is -0.116. The number of nitrogens with zero attached hydrogens (tertiary/aromatic N) is 2. The minimum Gasteiger partial charge on any atom is -0.360 e. The van der Waals surface area contributed by atoms with Crippen LogP contribution >= 0.6 is 11.3 Å². The number of rotatable bonds is 3. The molecule has 106 valence electrons. The molecule has 0 saturated heterocycles. The molecule has 6 nitrogen and oxygen atoms in total. The van der Waals surface area contributed by atoms with E-state index in [9.17, 15) is 9.59 Å². The van der Waals surface area contributed by atoms with Crippen LogP contribution in [0, 0.1) is 6.92 Å². The Hall–Kier alpha value is -1.89. The van der Waals surface area contributed by atoms with Gasteiger partial charge in [-0.25, -0.2) is 0 Å². The number of amides is 1. The maximum atomic E-state index is 12.0. The number of aryl methyl sites for hydroxylation is 2. The van der Waals surface area contributed by atoms with Gasteiger partial charge in [0.15, 0.2) is 5.82 Å². The van der Waals surface area contributed by atoms with Gasteiger partial charge in [0.2, 0.25) is 5.91 Å². The van der Waals surface area contributed by atoms with Crippen molar-refractivity contribution in [1.82, 2.24) is 9.72 Å². The van der Waals surface area contributed by atoms with Crippen LogP contribution in [0.25, 0.3) is 0 Å². The molecule has 0 bridgehead atoms. The Bertz CT molecular complexity index is 698. The van der Waals surface area contributed by atoms with Gasteiger partial charge in [-0.15, -0.1) is 0 Å². The predicted molar refractivity (Wildman–Crippen MR) is 75.1 cm³/mol. The van der Waals surface area contributed by atoms with Crippen LogP contribution in [0.15, 0.2) is 15.4 Å². The molecule has 0 aliphatic heterocycles. The van der Waals surface area contributed by atoms with Crippen LogP contribution < -0.4 is 10.2 Å². The van der Waals surface area contributed by atoms with Crippen LogP contribution in [-0.4, -0.2) is 15.6 Å². The SMILES string of the molecule is Cc1cc(NC(=O)Cn2c3c(sc2=O)CCCC3)no1. The molecular weight excluding hydrogens is 278 g/mol. The first-order chi connectivity index (χ1) is 9.63. The van der Waals surface area contributed by atoms with Crippen molar-refractivity contribution in [2.24, 2.45) is 0 Å². The van der Waals surface area contributed by atoms with Crippen LogP contribution in [-0.2, 0) is 24.2 Å². The van der Waals surface area contributed by atoms with Crippen molar-refractivity contribution in [2.75, 3.05) is 5.32 Å². The lowest BCUT2D eigenvalue weighted by Crippen LogP contribution is -2.26. The Balaban J connectivity index is 1.76. The normalized spacial score (nSPS) is 14.1. The number of hydrogen-bond acceptors (Lipinski definition) is 5. The first kappa shape index (κ1) is 13.1. The third-order valence-electron chi connectivity index (χ3n) is 3.34. The lowest BCUT2D eigenvalue weighted by Gasteiger charge is -2.13. The second-order valence-corrected chi connectivity index (χ2v) is 5.95. The molecule has 2 heterocycles. The van der Waals surface area contributed by atoms with Crippen LogP contribution in [0.5, 0.6) is 0 Å². The van der Waals surface area contributed by atoms with Crippen molar-refractivity contribution < 1.29 is 9.32 Å². The number of carbonyl (C=O) groups is 1. The van der Waals surface area contributed by atoms with Crippen molar-refractivity contribution in [3.8, 4) is 0 Å². The van der Waals surface area contributed by atoms with Gasteiger partial charge in [-0.1, -0.05) is 16.5 Å². The van der Waals surface area contributed by atoms with Gasteiger partial charge in [-0.3, -0.25) is 14.2 Å². The highest BCUT2D eigenvalue weighted by Gasteiger charge is 2.19. The summed E-state index contributed by atoms with van der Waals surface area (Å²) in [4.78, 5) is 25.0. The molecule has 1 aliphatic carbocycles. The van der Waals surface area contributed by atoms with Crippen molar-refractivity contribution in [2.45, 2.75) is 39.2 Å². The van der Waals surface area contributed by atoms with E-state index >= 15 is 0 Å². The molecule has 2 aromatic rings. The van der Waals surface area contributed by atoms with Crippen LogP contribution in [0.1, 0.15) is 29.2 Å². The molecule has 0 radical (unpaired) electrons. The van der Waals surface area contributed by atoms with Gasteiger partial charge < -0.3 is 9.84 Å².